The molecule has 0 aliphatic heterocycles. The average Bonchev–Trinajstić information content (AvgIpc) is 2.74. The molecule has 0 spiro atoms. The van der Waals surface area contributed by atoms with Crippen LogP contribution in [0.3, 0.4) is 0 Å². The first-order chi connectivity index (χ1) is 9.15. The molecular weight excluding hydrogens is 308 g/mol. The Morgan fingerprint density at radius 1 is 1.18 bits per heavy atom. The van der Waals surface area contributed by atoms with Crippen LogP contribution in [0.4, 0.5) is 0 Å². The Labute approximate surface area is 151 Å². The van der Waals surface area contributed by atoms with E-state index in [1.165, 1.54) is 50.9 Å². The van der Waals surface area contributed by atoms with Gasteiger partial charge < -0.3 is 20.0 Å². The monoisotopic (exact) mass is 335 g/mol. The largest absolute Gasteiger partial charge is 3.00 e. The molecule has 0 saturated carbocycles. The molecule has 2 nitrogen and oxygen atoms in total. The third-order valence-corrected chi connectivity index (χ3v) is 4.33. The van der Waals surface area contributed by atoms with Crippen LogP contribution in [0.5, 0.6) is 0 Å². The Balaban J connectivity index is 0. The summed E-state index contributed by atoms with van der Waals surface area (Å²) in [6, 6.07) is 0. The number of carbonyl (C=O) groups is 1. The van der Waals surface area contributed by atoms with E-state index in [2.05, 4.69) is 19.8 Å². The molecule has 3 rings (SSSR count). The van der Waals surface area contributed by atoms with Crippen molar-refractivity contribution in [2.45, 2.75) is 51.9 Å². The Morgan fingerprint density at radius 3 is 2.32 bits per heavy atom. The van der Waals surface area contributed by atoms with Gasteiger partial charge in [0.2, 0.25) is 0 Å². The van der Waals surface area contributed by atoms with Crippen molar-refractivity contribution in [1.29, 1.82) is 0 Å². The van der Waals surface area contributed by atoms with Crippen LogP contribution in [0.15, 0.2) is 22.3 Å². The van der Waals surface area contributed by atoms with Gasteiger partial charge in [-0.2, -0.15) is 5.57 Å². The summed E-state index contributed by atoms with van der Waals surface area (Å²) in [6.45, 7) is 2.42. The zero-order valence-electron chi connectivity index (χ0n) is 14.0. The van der Waals surface area contributed by atoms with E-state index in [4.69, 9.17) is 9.90 Å². The predicted octanol–water partition coefficient (Wildman–Crippen LogP) is 4.79. The molecule has 3 aliphatic rings. The second-order valence-corrected chi connectivity index (χ2v) is 5.41. The quantitative estimate of drug-likeness (QED) is 0.392. The summed E-state index contributed by atoms with van der Waals surface area (Å²) in [5.74, 6) is 1.01. The van der Waals surface area contributed by atoms with Crippen LogP contribution in [0, 0.1) is 39.5 Å². The van der Waals surface area contributed by atoms with Crippen molar-refractivity contribution in [2.75, 3.05) is 0 Å². The second kappa shape index (κ2) is 10.8. The molecular formula is C19H27O2Ti. The molecule has 0 amide bonds. The van der Waals surface area contributed by atoms with Gasteiger partial charge in [-0.05, 0) is 25.2 Å². The molecule has 1 radical (unpaired) electrons. The number of carboxylic acids is 1. The smallest absolute Gasteiger partial charge is 0.472 e. The number of terminal acetylenes is 1. The molecule has 3 heteroatoms. The van der Waals surface area contributed by atoms with Gasteiger partial charge in [0.25, 0.3) is 0 Å². The van der Waals surface area contributed by atoms with Crippen LogP contribution in [0.1, 0.15) is 51.9 Å². The van der Waals surface area contributed by atoms with E-state index in [0.29, 0.717) is 0 Å². The van der Waals surface area contributed by atoms with Crippen LogP contribution in [0.2, 0.25) is 0 Å². The molecule has 0 aromatic carbocycles. The van der Waals surface area contributed by atoms with Crippen LogP contribution >= 0.6 is 0 Å². The molecule has 1 N–H and O–H groups in total. The minimum Gasteiger partial charge on any atom is -0.472 e. The summed E-state index contributed by atoms with van der Waals surface area (Å²) >= 11 is 0. The molecule has 0 heterocycles. The topological polar surface area (TPSA) is 37.3 Å². The van der Waals surface area contributed by atoms with Gasteiger partial charge in [-0.3, -0.25) is 0 Å². The van der Waals surface area contributed by atoms with Crippen molar-refractivity contribution >= 4 is 5.97 Å². The van der Waals surface area contributed by atoms with E-state index in [-0.39, 0.29) is 36.6 Å². The van der Waals surface area contributed by atoms with E-state index in [1.807, 2.05) is 0 Å². The van der Waals surface area contributed by atoms with Gasteiger partial charge in [-0.25, -0.2) is 16.8 Å². The minimum atomic E-state index is -1.22. The summed E-state index contributed by atoms with van der Waals surface area (Å²) in [4.78, 5) is 9.13. The summed E-state index contributed by atoms with van der Waals surface area (Å²) in [5.41, 5.74) is 7.07. The number of hydrogen-bond acceptors (Lipinski definition) is 1. The fourth-order valence-electron chi connectivity index (χ4n) is 3.51. The number of carboxylic acid groups (broad SMARTS) is 1. The number of fused-ring (bicyclic) bond motifs is 1. The van der Waals surface area contributed by atoms with Gasteiger partial charge in [-0.1, -0.05) is 31.8 Å². The van der Waals surface area contributed by atoms with E-state index < -0.39 is 5.97 Å². The van der Waals surface area contributed by atoms with Crippen molar-refractivity contribution < 1.29 is 31.6 Å². The van der Waals surface area contributed by atoms with E-state index in [0.717, 1.165) is 5.92 Å². The van der Waals surface area contributed by atoms with Gasteiger partial charge in [-0.15, -0.1) is 18.4 Å². The average molecular weight is 335 g/mol. The molecule has 0 bridgehead atoms. The molecule has 22 heavy (non-hydrogen) atoms. The Morgan fingerprint density at radius 2 is 1.73 bits per heavy atom. The number of hydrogen-bond donors (Lipinski definition) is 1. The van der Waals surface area contributed by atoms with Crippen LogP contribution in [-0.4, -0.2) is 11.1 Å². The van der Waals surface area contributed by atoms with Crippen LogP contribution in [-0.2, 0) is 26.5 Å². The van der Waals surface area contributed by atoms with Crippen molar-refractivity contribution in [2.24, 2.45) is 5.92 Å². The van der Waals surface area contributed by atoms with Gasteiger partial charge in [0.05, 0.1) is 0 Å². The molecule has 0 aromatic rings. The molecule has 0 saturated heterocycles. The summed E-state index contributed by atoms with van der Waals surface area (Å²) in [5, 5.41) is 7.49. The number of aliphatic carboxylic acids is 1. The van der Waals surface area contributed by atoms with Gasteiger partial charge in [0.15, 0.2) is 0 Å². The molecule has 3 aliphatic carbocycles. The minimum absolute atomic E-state index is 0. The van der Waals surface area contributed by atoms with Gasteiger partial charge >= 0.3 is 27.7 Å². The fraction of sp³-hybridized carbons (Fsp3) is 0.474. The first-order valence-electron chi connectivity index (χ1n) is 7.13. The van der Waals surface area contributed by atoms with Gasteiger partial charge in [0, 0.05) is 5.92 Å². The Bertz CT molecular complexity index is 448. The number of rotatable bonds is 0. The molecule has 119 valence electrons. The zero-order chi connectivity index (χ0) is 13.8. The van der Waals surface area contributed by atoms with E-state index >= 15 is 0 Å². The van der Waals surface area contributed by atoms with Crippen molar-refractivity contribution in [3.05, 3.63) is 43.6 Å². The maximum atomic E-state index is 9.13. The van der Waals surface area contributed by atoms with Crippen LogP contribution in [0.25, 0.3) is 0 Å². The third-order valence-electron chi connectivity index (χ3n) is 4.33. The Hall–Kier alpha value is -0.906. The molecule has 0 aromatic heterocycles. The number of allylic oxidation sites excluding steroid dienone is 4. The summed E-state index contributed by atoms with van der Waals surface area (Å²) in [6.07, 6.45) is 16.6. The predicted molar refractivity (Wildman–Crippen MR) is 89.1 cm³/mol. The fourth-order valence-corrected chi connectivity index (χ4v) is 3.51. The van der Waals surface area contributed by atoms with Crippen LogP contribution < -0.4 is 0 Å². The zero-order valence-corrected chi connectivity index (χ0v) is 15.6. The molecule has 1 unspecified atom stereocenters. The standard InChI is InChI=1S/C14H19.C3H2O2.2CH3.Ti/c1-10-11-6-2-4-8-13(11)14-9-5-3-7-12(10)14;1-2-3(4)5;;;/h6,10H,2-5,7-9H2,1H3;1H,(H,4,5);2*1H3;/q-1;;2*-1;+3. The first kappa shape index (κ1) is 23.4. The third kappa shape index (κ3) is 5.08. The maximum Gasteiger partial charge on any atom is 3.00 e. The maximum absolute atomic E-state index is 9.13. The Kier molecular flexibility index (Phi) is 11.4. The summed E-state index contributed by atoms with van der Waals surface area (Å²) in [7, 11) is 0. The van der Waals surface area contributed by atoms with E-state index in [1.54, 1.807) is 22.3 Å². The molecule has 0 fully saturated rings. The SMILES string of the molecule is C#CC(=O)O.CC1C2=C(CCC[CH-]2)C2=C1CCCC2.[CH3-].[CH3-].[Ti+3]. The van der Waals surface area contributed by atoms with Crippen molar-refractivity contribution in [3.63, 3.8) is 0 Å². The van der Waals surface area contributed by atoms with Gasteiger partial charge in [0.1, 0.15) is 0 Å². The first-order valence-corrected chi connectivity index (χ1v) is 7.13. The summed E-state index contributed by atoms with van der Waals surface area (Å²) < 4.78 is 0. The second-order valence-electron chi connectivity index (χ2n) is 5.41. The van der Waals surface area contributed by atoms with Crippen molar-refractivity contribution in [3.8, 4) is 12.3 Å². The normalized spacial score (nSPS) is 21.2. The molecule has 1 atom stereocenters. The van der Waals surface area contributed by atoms with E-state index in [9.17, 15) is 0 Å². The van der Waals surface area contributed by atoms with Crippen molar-refractivity contribution in [1.82, 2.24) is 0 Å².